The minimum absolute atomic E-state index is 0.252. The van der Waals surface area contributed by atoms with E-state index >= 15 is 0 Å². The molecule has 0 aliphatic carbocycles. The molecule has 1 fully saturated rings. The van der Waals surface area contributed by atoms with Crippen molar-refractivity contribution in [2.75, 3.05) is 19.8 Å². The van der Waals surface area contributed by atoms with Crippen LogP contribution in [0.4, 0.5) is 0 Å². The van der Waals surface area contributed by atoms with Crippen molar-refractivity contribution in [1.82, 2.24) is 5.32 Å². The highest BCUT2D eigenvalue weighted by molar-refractivity contribution is 5.16. The predicted molar refractivity (Wildman–Crippen MR) is 55.5 cm³/mol. The van der Waals surface area contributed by atoms with E-state index in [1.165, 1.54) is 5.56 Å². The fraction of sp³-hybridized carbons (Fsp3) is 0.636. The molecule has 1 aliphatic rings. The van der Waals surface area contributed by atoms with Gasteiger partial charge in [0, 0.05) is 12.1 Å². The fourth-order valence-corrected chi connectivity index (χ4v) is 1.41. The first kappa shape index (κ1) is 10.7. The molecule has 0 spiro atoms. The Bertz CT molecular complexity index is 294. The maximum absolute atomic E-state index is 5.60. The van der Waals surface area contributed by atoms with E-state index in [1.54, 1.807) is 6.26 Å². The van der Waals surface area contributed by atoms with Gasteiger partial charge in [0.2, 0.25) is 0 Å². The molecular weight excluding hydrogens is 194 g/mol. The van der Waals surface area contributed by atoms with Gasteiger partial charge in [-0.3, -0.25) is 0 Å². The summed E-state index contributed by atoms with van der Waals surface area (Å²) in [4.78, 5) is 0. The van der Waals surface area contributed by atoms with Crippen molar-refractivity contribution in [2.45, 2.75) is 26.2 Å². The van der Waals surface area contributed by atoms with Crippen LogP contribution < -0.4 is 5.32 Å². The SMILES string of the molecule is CCNCc1ccoc1COC1COC1. The summed E-state index contributed by atoms with van der Waals surface area (Å²) in [6.07, 6.45) is 1.96. The molecule has 0 saturated carbocycles. The molecule has 0 amide bonds. The second-order valence-electron chi connectivity index (χ2n) is 3.62. The zero-order chi connectivity index (χ0) is 10.5. The molecule has 0 bridgehead atoms. The van der Waals surface area contributed by atoms with Crippen LogP contribution in [0.15, 0.2) is 16.7 Å². The predicted octanol–water partition coefficient (Wildman–Crippen LogP) is 1.30. The van der Waals surface area contributed by atoms with Crippen LogP contribution >= 0.6 is 0 Å². The Morgan fingerprint density at radius 1 is 1.53 bits per heavy atom. The minimum Gasteiger partial charge on any atom is -0.467 e. The van der Waals surface area contributed by atoms with Gasteiger partial charge in [-0.2, -0.15) is 0 Å². The second kappa shape index (κ2) is 5.30. The summed E-state index contributed by atoms with van der Waals surface area (Å²) in [5, 5.41) is 3.27. The number of furan rings is 1. The molecule has 2 rings (SSSR count). The summed E-state index contributed by atoms with van der Waals surface area (Å²) in [6.45, 7) is 5.85. The van der Waals surface area contributed by atoms with Crippen LogP contribution in [0.2, 0.25) is 0 Å². The Kier molecular flexibility index (Phi) is 3.77. The molecule has 1 aromatic heterocycles. The summed E-state index contributed by atoms with van der Waals surface area (Å²) >= 11 is 0. The van der Waals surface area contributed by atoms with Gasteiger partial charge in [0.15, 0.2) is 0 Å². The molecule has 1 N–H and O–H groups in total. The largest absolute Gasteiger partial charge is 0.467 e. The summed E-state index contributed by atoms with van der Waals surface area (Å²) < 4.78 is 16.0. The van der Waals surface area contributed by atoms with E-state index in [0.717, 1.165) is 18.8 Å². The van der Waals surface area contributed by atoms with E-state index < -0.39 is 0 Å². The van der Waals surface area contributed by atoms with Gasteiger partial charge >= 0.3 is 0 Å². The van der Waals surface area contributed by atoms with E-state index in [-0.39, 0.29) is 6.10 Å². The summed E-state index contributed by atoms with van der Waals surface area (Å²) in [7, 11) is 0. The van der Waals surface area contributed by atoms with E-state index in [1.807, 2.05) is 6.07 Å². The summed E-state index contributed by atoms with van der Waals surface area (Å²) in [5.74, 6) is 0.919. The first-order valence-electron chi connectivity index (χ1n) is 5.35. The number of rotatable bonds is 6. The van der Waals surface area contributed by atoms with E-state index in [4.69, 9.17) is 13.9 Å². The van der Waals surface area contributed by atoms with Crippen LogP contribution in [0, 0.1) is 0 Å². The molecule has 15 heavy (non-hydrogen) atoms. The van der Waals surface area contributed by atoms with Gasteiger partial charge in [-0.1, -0.05) is 6.92 Å². The van der Waals surface area contributed by atoms with E-state index in [2.05, 4.69) is 12.2 Å². The average Bonchev–Trinajstić information content (AvgIpc) is 2.60. The lowest BCUT2D eigenvalue weighted by atomic mass is 10.2. The van der Waals surface area contributed by atoms with Crippen molar-refractivity contribution in [2.24, 2.45) is 0 Å². The third kappa shape index (κ3) is 2.81. The maximum atomic E-state index is 5.60. The van der Waals surface area contributed by atoms with Gasteiger partial charge < -0.3 is 19.2 Å². The number of hydrogen-bond donors (Lipinski definition) is 1. The van der Waals surface area contributed by atoms with Gasteiger partial charge in [-0.05, 0) is 12.6 Å². The van der Waals surface area contributed by atoms with Gasteiger partial charge in [-0.25, -0.2) is 0 Å². The van der Waals surface area contributed by atoms with Gasteiger partial charge in [-0.15, -0.1) is 0 Å². The van der Waals surface area contributed by atoms with Gasteiger partial charge in [0.05, 0.1) is 19.5 Å². The maximum Gasteiger partial charge on any atom is 0.133 e. The lowest BCUT2D eigenvalue weighted by Gasteiger charge is -2.25. The summed E-state index contributed by atoms with van der Waals surface area (Å²) in [5.41, 5.74) is 1.18. The molecular formula is C11H17NO3. The lowest BCUT2D eigenvalue weighted by Crippen LogP contribution is -2.35. The van der Waals surface area contributed by atoms with Crippen molar-refractivity contribution in [3.8, 4) is 0 Å². The van der Waals surface area contributed by atoms with Crippen LogP contribution in [-0.2, 0) is 22.6 Å². The van der Waals surface area contributed by atoms with Crippen LogP contribution in [0.3, 0.4) is 0 Å². The number of hydrogen-bond acceptors (Lipinski definition) is 4. The van der Waals surface area contributed by atoms with Gasteiger partial charge in [0.1, 0.15) is 18.5 Å². The minimum atomic E-state index is 0.252. The molecule has 0 atom stereocenters. The monoisotopic (exact) mass is 211 g/mol. The number of nitrogens with one attached hydrogen (secondary N) is 1. The Hall–Kier alpha value is -0.840. The molecule has 1 saturated heterocycles. The third-order valence-corrected chi connectivity index (χ3v) is 2.46. The summed E-state index contributed by atoms with van der Waals surface area (Å²) in [6, 6.07) is 1.98. The molecule has 1 aliphatic heterocycles. The highest BCUT2D eigenvalue weighted by Gasteiger charge is 2.19. The highest BCUT2D eigenvalue weighted by Crippen LogP contribution is 2.14. The standard InChI is InChI=1S/C11H17NO3/c1-2-12-5-9-3-4-14-11(9)8-15-10-6-13-7-10/h3-4,10,12H,2,5-8H2,1H3. The molecule has 84 valence electrons. The first-order chi connectivity index (χ1) is 7.40. The van der Waals surface area contributed by atoms with Crippen LogP contribution in [0.1, 0.15) is 18.2 Å². The molecule has 4 heteroatoms. The second-order valence-corrected chi connectivity index (χ2v) is 3.62. The zero-order valence-corrected chi connectivity index (χ0v) is 8.99. The smallest absolute Gasteiger partial charge is 0.133 e. The quantitative estimate of drug-likeness (QED) is 0.770. The highest BCUT2D eigenvalue weighted by atomic mass is 16.6. The molecule has 0 unspecified atom stereocenters. The van der Waals surface area contributed by atoms with Crippen molar-refractivity contribution >= 4 is 0 Å². The molecule has 0 aromatic carbocycles. The molecule has 0 radical (unpaired) electrons. The van der Waals surface area contributed by atoms with Crippen molar-refractivity contribution in [3.63, 3.8) is 0 Å². The Labute approximate surface area is 89.6 Å². The van der Waals surface area contributed by atoms with E-state index in [0.29, 0.717) is 19.8 Å². The fourth-order valence-electron chi connectivity index (χ4n) is 1.41. The Morgan fingerprint density at radius 2 is 2.40 bits per heavy atom. The number of ether oxygens (including phenoxy) is 2. The van der Waals surface area contributed by atoms with Crippen LogP contribution in [0.5, 0.6) is 0 Å². The van der Waals surface area contributed by atoms with Crippen molar-refractivity contribution in [3.05, 3.63) is 23.7 Å². The Morgan fingerprint density at radius 3 is 3.07 bits per heavy atom. The molecule has 1 aromatic rings. The van der Waals surface area contributed by atoms with Crippen molar-refractivity contribution in [1.29, 1.82) is 0 Å². The van der Waals surface area contributed by atoms with Crippen LogP contribution in [-0.4, -0.2) is 25.9 Å². The van der Waals surface area contributed by atoms with Gasteiger partial charge in [0.25, 0.3) is 0 Å². The Balaban J connectivity index is 1.80. The normalized spacial score (nSPS) is 16.6. The topological polar surface area (TPSA) is 43.6 Å². The average molecular weight is 211 g/mol. The first-order valence-corrected chi connectivity index (χ1v) is 5.35. The third-order valence-electron chi connectivity index (χ3n) is 2.46. The van der Waals surface area contributed by atoms with E-state index in [9.17, 15) is 0 Å². The molecule has 2 heterocycles. The van der Waals surface area contributed by atoms with Crippen LogP contribution in [0.25, 0.3) is 0 Å². The molecule has 4 nitrogen and oxygen atoms in total. The zero-order valence-electron chi connectivity index (χ0n) is 8.99. The van der Waals surface area contributed by atoms with Crippen molar-refractivity contribution < 1.29 is 13.9 Å². The lowest BCUT2D eigenvalue weighted by molar-refractivity contribution is -0.138.